The maximum atomic E-state index is 9.67. The Morgan fingerprint density at radius 1 is 1.37 bits per heavy atom. The minimum atomic E-state index is -0.147. The average molecular weight is 269 g/mol. The molecule has 2 unspecified atom stereocenters. The van der Waals surface area contributed by atoms with Crippen LogP contribution in [0.1, 0.15) is 39.5 Å². The lowest BCUT2D eigenvalue weighted by Crippen LogP contribution is -2.55. The van der Waals surface area contributed by atoms with Gasteiger partial charge in [-0.3, -0.25) is 4.90 Å². The van der Waals surface area contributed by atoms with Gasteiger partial charge in [0.15, 0.2) is 0 Å². The fourth-order valence-electron chi connectivity index (χ4n) is 3.40. The van der Waals surface area contributed by atoms with Crippen molar-refractivity contribution in [2.45, 2.75) is 57.2 Å². The van der Waals surface area contributed by atoms with Crippen LogP contribution < -0.4 is 5.32 Å². The molecule has 0 aromatic rings. The molecule has 0 aromatic heterocycles. The van der Waals surface area contributed by atoms with Crippen LogP contribution in [0.2, 0.25) is 0 Å². The number of likely N-dealkylation sites (N-methyl/N-ethyl adjacent to an activating group) is 2. The molecule has 1 saturated carbocycles. The fourth-order valence-corrected chi connectivity index (χ4v) is 3.40. The van der Waals surface area contributed by atoms with E-state index in [-0.39, 0.29) is 12.1 Å². The van der Waals surface area contributed by atoms with E-state index in [1.165, 1.54) is 32.2 Å². The number of rotatable bonds is 8. The number of nitrogens with zero attached hydrogens (tertiary/aromatic N) is 2. The molecule has 112 valence electrons. The number of aliphatic hydroxyl groups is 1. The van der Waals surface area contributed by atoms with E-state index in [1.54, 1.807) is 0 Å². The predicted molar refractivity (Wildman–Crippen MR) is 79.4 cm³/mol. The molecule has 1 aliphatic carbocycles. The summed E-state index contributed by atoms with van der Waals surface area (Å²) in [4.78, 5) is 4.98. The molecule has 2 aliphatic rings. The third-order valence-electron chi connectivity index (χ3n) is 4.53. The standard InChI is InChI=1S/C15H31N3O/c1-4-18-9-5-6-14(18)10-17(3)11-15(2,12-19)16-13-7-8-13/h13-14,16,19H,4-12H2,1-3H3. The first-order valence-electron chi connectivity index (χ1n) is 7.87. The zero-order valence-corrected chi connectivity index (χ0v) is 12.9. The summed E-state index contributed by atoms with van der Waals surface area (Å²) in [5.41, 5.74) is -0.147. The first-order valence-corrected chi connectivity index (χ1v) is 7.87. The van der Waals surface area contributed by atoms with Gasteiger partial charge in [0.2, 0.25) is 0 Å². The number of aliphatic hydroxyl groups excluding tert-OH is 1. The van der Waals surface area contributed by atoms with E-state index in [4.69, 9.17) is 0 Å². The van der Waals surface area contributed by atoms with E-state index in [0.717, 1.165) is 19.6 Å². The molecular formula is C15H31N3O. The molecule has 0 spiro atoms. The lowest BCUT2D eigenvalue weighted by Gasteiger charge is -2.35. The van der Waals surface area contributed by atoms with Gasteiger partial charge in [0.25, 0.3) is 0 Å². The second-order valence-corrected chi connectivity index (χ2v) is 6.76. The summed E-state index contributed by atoms with van der Waals surface area (Å²) >= 11 is 0. The second kappa shape index (κ2) is 6.53. The topological polar surface area (TPSA) is 38.7 Å². The summed E-state index contributed by atoms with van der Waals surface area (Å²) in [7, 11) is 2.19. The quantitative estimate of drug-likeness (QED) is 0.687. The summed E-state index contributed by atoms with van der Waals surface area (Å²) in [6.07, 6.45) is 5.20. The summed E-state index contributed by atoms with van der Waals surface area (Å²) in [5, 5.41) is 13.3. The third-order valence-corrected chi connectivity index (χ3v) is 4.53. The van der Waals surface area contributed by atoms with Gasteiger partial charge in [-0.25, -0.2) is 0 Å². The number of hydrogen-bond acceptors (Lipinski definition) is 4. The van der Waals surface area contributed by atoms with Crippen molar-refractivity contribution in [2.75, 3.05) is 39.8 Å². The van der Waals surface area contributed by atoms with E-state index in [2.05, 4.69) is 36.0 Å². The lowest BCUT2D eigenvalue weighted by atomic mass is 10.0. The van der Waals surface area contributed by atoms with Crippen molar-refractivity contribution < 1.29 is 5.11 Å². The third kappa shape index (κ3) is 4.42. The Morgan fingerprint density at radius 3 is 2.68 bits per heavy atom. The van der Waals surface area contributed by atoms with Crippen LogP contribution in [0.4, 0.5) is 0 Å². The first-order chi connectivity index (χ1) is 9.06. The van der Waals surface area contributed by atoms with Crippen LogP contribution >= 0.6 is 0 Å². The van der Waals surface area contributed by atoms with Gasteiger partial charge in [0.1, 0.15) is 0 Å². The summed E-state index contributed by atoms with van der Waals surface area (Å²) in [6.45, 7) is 9.08. The van der Waals surface area contributed by atoms with Crippen molar-refractivity contribution in [3.8, 4) is 0 Å². The van der Waals surface area contributed by atoms with E-state index in [0.29, 0.717) is 12.1 Å². The smallest absolute Gasteiger partial charge is 0.0623 e. The van der Waals surface area contributed by atoms with Gasteiger partial charge in [-0.2, -0.15) is 0 Å². The molecule has 2 N–H and O–H groups in total. The highest BCUT2D eigenvalue weighted by Crippen LogP contribution is 2.23. The minimum Gasteiger partial charge on any atom is -0.394 e. The van der Waals surface area contributed by atoms with Crippen molar-refractivity contribution in [2.24, 2.45) is 0 Å². The van der Waals surface area contributed by atoms with Crippen LogP contribution in [0, 0.1) is 0 Å². The Kier molecular flexibility index (Phi) is 5.23. The van der Waals surface area contributed by atoms with Crippen LogP contribution in [0.5, 0.6) is 0 Å². The second-order valence-electron chi connectivity index (χ2n) is 6.76. The Balaban J connectivity index is 1.79. The molecule has 0 bridgehead atoms. The molecule has 1 aliphatic heterocycles. The van der Waals surface area contributed by atoms with Crippen LogP contribution in [0.15, 0.2) is 0 Å². The fraction of sp³-hybridized carbons (Fsp3) is 1.00. The highest BCUT2D eigenvalue weighted by Gasteiger charge is 2.33. The van der Waals surface area contributed by atoms with Crippen molar-refractivity contribution in [3.05, 3.63) is 0 Å². The molecule has 0 radical (unpaired) electrons. The van der Waals surface area contributed by atoms with Gasteiger partial charge in [-0.05, 0) is 52.7 Å². The molecule has 2 rings (SSSR count). The normalized spacial score (nSPS) is 27.9. The first kappa shape index (κ1) is 15.2. The van der Waals surface area contributed by atoms with Gasteiger partial charge >= 0.3 is 0 Å². The maximum Gasteiger partial charge on any atom is 0.0623 e. The molecule has 0 aromatic carbocycles. The van der Waals surface area contributed by atoms with Gasteiger partial charge in [0, 0.05) is 25.2 Å². The van der Waals surface area contributed by atoms with Gasteiger partial charge in [-0.15, -0.1) is 0 Å². The largest absolute Gasteiger partial charge is 0.394 e. The average Bonchev–Trinajstić information content (AvgIpc) is 3.06. The maximum absolute atomic E-state index is 9.67. The van der Waals surface area contributed by atoms with E-state index in [1.807, 2.05) is 0 Å². The van der Waals surface area contributed by atoms with E-state index >= 15 is 0 Å². The zero-order valence-electron chi connectivity index (χ0n) is 12.9. The molecule has 1 saturated heterocycles. The zero-order chi connectivity index (χ0) is 13.9. The van der Waals surface area contributed by atoms with E-state index < -0.39 is 0 Å². The molecule has 2 atom stereocenters. The number of nitrogens with one attached hydrogen (secondary N) is 1. The highest BCUT2D eigenvalue weighted by atomic mass is 16.3. The summed E-state index contributed by atoms with van der Waals surface area (Å²) in [6, 6.07) is 1.35. The highest BCUT2D eigenvalue weighted by molar-refractivity contribution is 4.94. The van der Waals surface area contributed by atoms with Crippen molar-refractivity contribution in [1.82, 2.24) is 15.1 Å². The minimum absolute atomic E-state index is 0.147. The SMILES string of the molecule is CCN1CCCC1CN(C)CC(C)(CO)NC1CC1. The molecule has 4 heteroatoms. The summed E-state index contributed by atoms with van der Waals surface area (Å²) < 4.78 is 0. The van der Waals surface area contributed by atoms with Gasteiger partial charge < -0.3 is 15.3 Å². The number of likely N-dealkylation sites (tertiary alicyclic amines) is 1. The molecular weight excluding hydrogens is 238 g/mol. The summed E-state index contributed by atoms with van der Waals surface area (Å²) in [5.74, 6) is 0. The molecule has 19 heavy (non-hydrogen) atoms. The van der Waals surface area contributed by atoms with E-state index in [9.17, 15) is 5.11 Å². The Morgan fingerprint density at radius 2 is 2.11 bits per heavy atom. The Bertz CT molecular complexity index is 283. The Hall–Kier alpha value is -0.160. The van der Waals surface area contributed by atoms with Crippen molar-refractivity contribution in [3.63, 3.8) is 0 Å². The van der Waals surface area contributed by atoms with Gasteiger partial charge in [-0.1, -0.05) is 6.92 Å². The van der Waals surface area contributed by atoms with Crippen LogP contribution in [-0.2, 0) is 0 Å². The lowest BCUT2D eigenvalue weighted by molar-refractivity contribution is 0.114. The van der Waals surface area contributed by atoms with Crippen molar-refractivity contribution in [1.29, 1.82) is 0 Å². The monoisotopic (exact) mass is 269 g/mol. The van der Waals surface area contributed by atoms with Crippen LogP contribution in [-0.4, -0.2) is 72.4 Å². The van der Waals surface area contributed by atoms with Gasteiger partial charge in [0.05, 0.1) is 12.1 Å². The van der Waals surface area contributed by atoms with Crippen molar-refractivity contribution >= 4 is 0 Å². The number of hydrogen-bond donors (Lipinski definition) is 2. The molecule has 2 fully saturated rings. The van der Waals surface area contributed by atoms with Crippen LogP contribution in [0.3, 0.4) is 0 Å². The Labute approximate surface area is 118 Å². The molecule has 0 amide bonds. The van der Waals surface area contributed by atoms with Crippen LogP contribution in [0.25, 0.3) is 0 Å². The molecule has 1 heterocycles. The molecule has 4 nitrogen and oxygen atoms in total. The predicted octanol–water partition coefficient (Wildman–Crippen LogP) is 0.906.